The first-order chi connectivity index (χ1) is 34.4. The van der Waals surface area contributed by atoms with Gasteiger partial charge in [0.2, 0.25) is 0 Å². The van der Waals surface area contributed by atoms with Crippen LogP contribution in [0.2, 0.25) is 5.02 Å². The highest BCUT2D eigenvalue weighted by atomic mass is 35.5. The van der Waals surface area contributed by atoms with Crippen LogP contribution in [0, 0.1) is 6.92 Å². The highest BCUT2D eigenvalue weighted by Crippen LogP contribution is 2.36. The molecule has 0 saturated carbocycles. The fourth-order valence-electron chi connectivity index (χ4n) is 6.81. The van der Waals surface area contributed by atoms with Gasteiger partial charge in [0.25, 0.3) is 0 Å². The van der Waals surface area contributed by atoms with Crippen LogP contribution in [-0.2, 0) is 19.6 Å². The minimum Gasteiger partial charge on any atom is -0.508 e. The quantitative estimate of drug-likeness (QED) is 0.0354. The Balaban J connectivity index is 0.000000157. The van der Waals surface area contributed by atoms with Crippen LogP contribution >= 0.6 is 46.9 Å². The highest BCUT2D eigenvalue weighted by molar-refractivity contribution is 8.00. The van der Waals surface area contributed by atoms with E-state index < -0.39 is 0 Å². The minimum atomic E-state index is 0.0258. The van der Waals surface area contributed by atoms with Crippen LogP contribution in [0.5, 0.6) is 34.5 Å². The van der Waals surface area contributed by atoms with E-state index in [-0.39, 0.29) is 34.5 Å². The van der Waals surface area contributed by atoms with Gasteiger partial charge < -0.3 is 46.6 Å². The third kappa shape index (κ3) is 16.0. The Morgan fingerprint density at radius 2 is 0.662 bits per heavy atom. The van der Waals surface area contributed by atoms with Crippen molar-refractivity contribution in [1.29, 1.82) is 0 Å². The first kappa shape index (κ1) is 51.4. The summed E-state index contributed by atoms with van der Waals surface area (Å²) in [6, 6.07) is 64.5. The van der Waals surface area contributed by atoms with Crippen molar-refractivity contribution in [2.24, 2.45) is 0 Å². The molecule has 9 N–H and O–H groups in total. The normalized spacial score (nSPS) is 10.5. The van der Waals surface area contributed by atoms with Crippen molar-refractivity contribution in [3.63, 3.8) is 0 Å². The number of aryl methyl sites for hydroxylation is 1. The van der Waals surface area contributed by atoms with Gasteiger partial charge in [0.1, 0.15) is 34.5 Å². The molecule has 0 unspecified atom stereocenters. The predicted octanol–water partition coefficient (Wildman–Crippen LogP) is 15.5. The van der Waals surface area contributed by atoms with E-state index in [1.165, 1.54) is 49.4 Å². The van der Waals surface area contributed by atoms with E-state index in [0.29, 0.717) is 36.7 Å². The van der Waals surface area contributed by atoms with Gasteiger partial charge in [0.15, 0.2) is 0 Å². The summed E-state index contributed by atoms with van der Waals surface area (Å²) in [7, 11) is 0. The van der Waals surface area contributed by atoms with Crippen molar-refractivity contribution in [3.05, 3.63) is 234 Å². The molecule has 9 aromatic carbocycles. The maximum absolute atomic E-state index is 9.87. The zero-order valence-electron chi connectivity index (χ0n) is 38.5. The molecule has 0 saturated heterocycles. The van der Waals surface area contributed by atoms with E-state index in [2.05, 4.69) is 89.6 Å². The molecule has 360 valence electrons. The summed E-state index contributed by atoms with van der Waals surface area (Å²) in [6.45, 7) is 3.83. The standard InChI is InChI=1S/C20H19NO2S.C19H16ClNO2S.C19H17NO2S/c1-14-6-9-17(10-7-14)24-20-5-3-2-4-15(20)13-21-18-11-8-16(22)12-19(18)23;20-14-5-8-16(9-6-14)24-19-4-2-1-3-13(19)12-21-17-10-7-15(22)11-18(17)23;21-15-10-11-17(18(22)12-15)20-13-14-6-4-5-9-19(14)23-16-7-2-1-3-8-16/h2-12,21-23H,13H2,1H3;1-11,21-23H,12H2;1-12,20-22H,13H2. The number of halogens is 1. The summed E-state index contributed by atoms with van der Waals surface area (Å²) < 4.78 is 0. The molecule has 9 aromatic rings. The van der Waals surface area contributed by atoms with Gasteiger partial charge in [0, 0.05) is 72.2 Å². The van der Waals surface area contributed by atoms with Crippen LogP contribution in [0.25, 0.3) is 0 Å². The Morgan fingerprint density at radius 3 is 1.01 bits per heavy atom. The molecule has 71 heavy (non-hydrogen) atoms. The molecule has 13 heteroatoms. The lowest BCUT2D eigenvalue weighted by Crippen LogP contribution is -2.01. The second-order valence-electron chi connectivity index (χ2n) is 15.9. The smallest absolute Gasteiger partial charge is 0.142 e. The molecule has 0 heterocycles. The van der Waals surface area contributed by atoms with Crippen LogP contribution < -0.4 is 16.0 Å². The number of nitrogens with one attached hydrogen (secondary N) is 3. The topological polar surface area (TPSA) is 157 Å². The zero-order chi connectivity index (χ0) is 50.0. The van der Waals surface area contributed by atoms with E-state index in [0.717, 1.165) is 31.5 Å². The van der Waals surface area contributed by atoms with Gasteiger partial charge >= 0.3 is 0 Å². The van der Waals surface area contributed by atoms with Crippen molar-refractivity contribution >= 4 is 63.9 Å². The van der Waals surface area contributed by atoms with Crippen LogP contribution in [0.1, 0.15) is 22.3 Å². The van der Waals surface area contributed by atoms with Crippen molar-refractivity contribution in [1.82, 2.24) is 0 Å². The molecule has 0 aliphatic heterocycles. The highest BCUT2D eigenvalue weighted by Gasteiger charge is 2.10. The fraction of sp³-hybridized carbons (Fsp3) is 0.0690. The number of aromatic hydroxyl groups is 6. The van der Waals surface area contributed by atoms with Gasteiger partial charge in [-0.1, -0.05) is 137 Å². The Hall–Kier alpha value is -7.48. The number of phenolic OH excluding ortho intramolecular Hbond substituents is 6. The summed E-state index contributed by atoms with van der Waals surface area (Å²) in [5.74, 6) is 0.243. The van der Waals surface area contributed by atoms with Gasteiger partial charge in [0.05, 0.1) is 17.1 Å². The summed E-state index contributed by atoms with van der Waals surface area (Å²) in [5, 5.41) is 68.0. The number of benzene rings is 9. The molecule has 0 aromatic heterocycles. The molecule has 9 rings (SSSR count). The lowest BCUT2D eigenvalue weighted by atomic mass is 10.2. The number of anilines is 3. The lowest BCUT2D eigenvalue weighted by Gasteiger charge is -2.12. The van der Waals surface area contributed by atoms with Crippen molar-refractivity contribution < 1.29 is 30.6 Å². The third-order valence-corrected chi connectivity index (χ3v) is 14.2. The first-order valence-corrected chi connectivity index (χ1v) is 25.2. The van der Waals surface area contributed by atoms with Crippen molar-refractivity contribution in [2.45, 2.75) is 55.9 Å². The monoisotopic (exact) mass is 1020 g/mol. The van der Waals surface area contributed by atoms with E-state index in [9.17, 15) is 30.6 Å². The average molecular weight is 1020 g/mol. The Morgan fingerprint density at radius 1 is 0.352 bits per heavy atom. The van der Waals surface area contributed by atoms with Crippen LogP contribution in [0.4, 0.5) is 17.1 Å². The number of hydrogen-bond acceptors (Lipinski definition) is 12. The molecular weight excluding hydrogens is 966 g/mol. The zero-order valence-corrected chi connectivity index (χ0v) is 41.7. The molecular formula is C58H52ClN3O6S3. The van der Waals surface area contributed by atoms with Crippen LogP contribution in [-0.4, -0.2) is 30.6 Å². The molecule has 0 atom stereocenters. The van der Waals surface area contributed by atoms with Crippen LogP contribution in [0.3, 0.4) is 0 Å². The average Bonchev–Trinajstić information content (AvgIpc) is 3.36. The molecule has 9 nitrogen and oxygen atoms in total. The maximum atomic E-state index is 9.87. The van der Waals surface area contributed by atoms with Gasteiger partial charge in [-0.3, -0.25) is 0 Å². The lowest BCUT2D eigenvalue weighted by molar-refractivity contribution is 0.450. The minimum absolute atomic E-state index is 0.0258. The number of phenols is 6. The molecule has 0 aliphatic rings. The first-order valence-electron chi connectivity index (χ1n) is 22.4. The maximum Gasteiger partial charge on any atom is 0.142 e. The third-order valence-electron chi connectivity index (χ3n) is 10.5. The Labute approximate surface area is 431 Å². The molecule has 0 amide bonds. The molecule has 0 aliphatic carbocycles. The fourth-order valence-corrected chi connectivity index (χ4v) is 9.79. The Kier molecular flexibility index (Phi) is 18.8. The van der Waals surface area contributed by atoms with E-state index in [4.69, 9.17) is 11.6 Å². The summed E-state index contributed by atoms with van der Waals surface area (Å²) >= 11 is 11.0. The van der Waals surface area contributed by atoms with Crippen molar-refractivity contribution in [3.8, 4) is 34.5 Å². The van der Waals surface area contributed by atoms with E-state index >= 15 is 0 Å². The van der Waals surface area contributed by atoms with E-state index in [1.54, 1.807) is 65.6 Å². The second kappa shape index (κ2) is 25.9. The van der Waals surface area contributed by atoms with Gasteiger partial charge in [-0.25, -0.2) is 0 Å². The van der Waals surface area contributed by atoms with Gasteiger partial charge in [-0.15, -0.1) is 0 Å². The number of hydrogen-bond donors (Lipinski definition) is 9. The number of rotatable bonds is 15. The predicted molar refractivity (Wildman–Crippen MR) is 292 cm³/mol. The Bertz CT molecular complexity index is 2990. The summed E-state index contributed by atoms with van der Waals surface area (Å²) in [4.78, 5) is 6.97. The van der Waals surface area contributed by atoms with Crippen molar-refractivity contribution in [2.75, 3.05) is 16.0 Å². The second-order valence-corrected chi connectivity index (χ2v) is 19.7. The molecule has 0 spiro atoms. The largest absolute Gasteiger partial charge is 0.508 e. The molecule has 0 bridgehead atoms. The molecule has 0 radical (unpaired) electrons. The van der Waals surface area contributed by atoms with Crippen LogP contribution in [0.15, 0.2) is 236 Å². The van der Waals surface area contributed by atoms with Gasteiger partial charge in [-0.2, -0.15) is 0 Å². The van der Waals surface area contributed by atoms with E-state index in [1.807, 2.05) is 84.9 Å². The van der Waals surface area contributed by atoms with Gasteiger partial charge in [-0.05, 0) is 127 Å². The molecule has 0 fully saturated rings. The summed E-state index contributed by atoms with van der Waals surface area (Å²) in [5.41, 5.74) is 6.44. The SMILES string of the molecule is Cc1ccc(Sc2ccccc2CNc2ccc(O)cc2O)cc1.Oc1ccc(NCc2ccccc2Sc2ccc(Cl)cc2)c(O)c1.Oc1ccc(NCc2ccccc2Sc2ccccc2)c(O)c1. The summed E-state index contributed by atoms with van der Waals surface area (Å²) in [6.07, 6.45) is 0.